The summed E-state index contributed by atoms with van der Waals surface area (Å²) in [5, 5.41) is 1.54. The first-order valence-corrected chi connectivity index (χ1v) is 17.4. The summed E-state index contributed by atoms with van der Waals surface area (Å²) >= 11 is 0. The van der Waals surface area contributed by atoms with E-state index in [-0.39, 0.29) is 30.4 Å². The number of nitrogens with one attached hydrogen (secondary N) is 1. The average molecular weight is 621 g/mol. The molecular formula is C35H40N6O3Si. The van der Waals surface area contributed by atoms with Gasteiger partial charge in [0.2, 0.25) is 5.91 Å². The molecule has 3 atom stereocenters. The molecule has 6 rings (SSSR count). The van der Waals surface area contributed by atoms with Crippen molar-refractivity contribution in [3.05, 3.63) is 109 Å². The highest BCUT2D eigenvalue weighted by molar-refractivity contribution is 6.98. The van der Waals surface area contributed by atoms with Gasteiger partial charge in [0.05, 0.1) is 12.9 Å². The van der Waals surface area contributed by atoms with Crippen molar-refractivity contribution < 1.29 is 14.4 Å². The summed E-state index contributed by atoms with van der Waals surface area (Å²) in [4.78, 5) is 45.1. The zero-order chi connectivity index (χ0) is 31.4. The number of carbonyl (C=O) groups excluding carboxylic acids is 1. The van der Waals surface area contributed by atoms with Crippen LogP contribution in [0.25, 0.3) is 11.2 Å². The molecule has 1 aliphatic carbocycles. The summed E-state index contributed by atoms with van der Waals surface area (Å²) in [7, 11) is -3.19. The Hall–Kier alpha value is -4.38. The van der Waals surface area contributed by atoms with E-state index in [1.807, 2.05) is 95.6 Å². The number of benzene rings is 3. The number of aromatic nitrogens is 4. The van der Waals surface area contributed by atoms with E-state index in [9.17, 15) is 9.59 Å². The molecule has 2 aromatic heterocycles. The number of hydrogen-bond donors (Lipinski definition) is 3. The lowest BCUT2D eigenvalue weighted by Crippen LogP contribution is -2.65. The van der Waals surface area contributed by atoms with Crippen LogP contribution in [0.4, 0.5) is 5.82 Å². The van der Waals surface area contributed by atoms with E-state index in [0.29, 0.717) is 23.4 Å². The van der Waals surface area contributed by atoms with Crippen LogP contribution in [-0.2, 0) is 16.2 Å². The zero-order valence-corrected chi connectivity index (χ0v) is 26.7. The molecule has 2 heterocycles. The molecule has 45 heavy (non-hydrogen) atoms. The van der Waals surface area contributed by atoms with Crippen LogP contribution in [0.5, 0.6) is 0 Å². The lowest BCUT2D eigenvalue weighted by molar-refractivity contribution is -0.140. The Kier molecular flexibility index (Phi) is 8.80. The number of hydrogen-bond acceptors (Lipinski definition) is 7. The third kappa shape index (κ3) is 6.13. The van der Waals surface area contributed by atoms with Crippen LogP contribution in [0.15, 0.2) is 104 Å². The second kappa shape index (κ2) is 12.9. The van der Waals surface area contributed by atoms with Gasteiger partial charge in [-0.05, 0) is 52.6 Å². The largest absolute Gasteiger partial charge is 0.424 e. The van der Waals surface area contributed by atoms with Crippen LogP contribution in [-0.4, -0.2) is 38.5 Å². The number of nitrogen functional groups attached to an aromatic ring is 1. The summed E-state index contributed by atoms with van der Waals surface area (Å²) in [6.45, 7) is 4.63. The molecule has 0 unspecified atom stereocenters. The summed E-state index contributed by atoms with van der Waals surface area (Å²) < 4.78 is 2.03. The highest BCUT2D eigenvalue weighted by Gasteiger charge is 2.50. The Morgan fingerprint density at radius 2 is 1.58 bits per heavy atom. The van der Waals surface area contributed by atoms with Gasteiger partial charge in [-0.25, -0.2) is 20.4 Å². The predicted octanol–water partition coefficient (Wildman–Crippen LogP) is 4.54. The number of anilines is 1. The smallest absolute Gasteiger partial charge is 0.258 e. The number of amides is 1. The molecule has 3 aromatic carbocycles. The third-order valence-electron chi connectivity index (χ3n) is 9.54. The second-order valence-electron chi connectivity index (χ2n) is 12.7. The van der Waals surface area contributed by atoms with E-state index in [2.05, 4.69) is 34.3 Å². The minimum Gasteiger partial charge on any atom is -0.424 e. The third-order valence-corrected chi connectivity index (χ3v) is 14.1. The number of fused-ring (bicyclic) bond motifs is 1. The summed E-state index contributed by atoms with van der Waals surface area (Å²) in [5.41, 5.74) is 11.0. The van der Waals surface area contributed by atoms with Gasteiger partial charge in [-0.2, -0.15) is 0 Å². The highest BCUT2D eigenvalue weighted by Crippen LogP contribution is 2.47. The lowest BCUT2D eigenvalue weighted by atomic mass is 9.88. The van der Waals surface area contributed by atoms with Crippen LogP contribution >= 0.6 is 0 Å². The second-order valence-corrected chi connectivity index (χ2v) is 16.6. The molecule has 4 N–H and O–H groups in total. The molecule has 1 amide bonds. The van der Waals surface area contributed by atoms with E-state index in [1.165, 1.54) is 6.33 Å². The number of carbonyl (C=O) groups is 1. The van der Waals surface area contributed by atoms with E-state index in [0.717, 1.165) is 35.2 Å². The van der Waals surface area contributed by atoms with Gasteiger partial charge in [0.1, 0.15) is 11.8 Å². The van der Waals surface area contributed by atoms with E-state index in [4.69, 9.17) is 10.6 Å². The van der Waals surface area contributed by atoms with Crippen molar-refractivity contribution in [3.8, 4) is 0 Å². The normalized spacial score (nSPS) is 18.7. The maximum Gasteiger partial charge on any atom is 0.258 e. The molecule has 232 valence electrons. The van der Waals surface area contributed by atoms with Crippen molar-refractivity contribution >= 4 is 41.6 Å². The Morgan fingerprint density at radius 1 is 0.956 bits per heavy atom. The number of imidazole rings is 1. The highest BCUT2D eigenvalue weighted by atomic mass is 28.4. The molecule has 0 saturated heterocycles. The summed E-state index contributed by atoms with van der Waals surface area (Å²) in [6.07, 6.45) is 6.08. The molecule has 10 heteroatoms. The van der Waals surface area contributed by atoms with Crippen LogP contribution in [0.3, 0.4) is 0 Å². The van der Waals surface area contributed by atoms with Crippen molar-refractivity contribution in [2.24, 2.45) is 11.8 Å². The fraction of sp³-hybridized carbons (Fsp3) is 0.314. The Bertz CT molecular complexity index is 1690. The number of nitrogens with zero attached hydrogens (tertiary/aromatic N) is 4. The number of nitrogens with two attached hydrogens (primary N) is 1. The van der Waals surface area contributed by atoms with Gasteiger partial charge in [-0.15, -0.1) is 0 Å². The molecule has 0 bridgehead atoms. The van der Waals surface area contributed by atoms with Gasteiger partial charge in [0.15, 0.2) is 11.5 Å². The molecule has 1 aliphatic rings. The van der Waals surface area contributed by atoms with E-state index in [1.54, 1.807) is 6.33 Å². The SMILES string of the molecule is CC(C)(CC[C@@H]1C[C@@H](n2cnc3c(N)ncnc32)C[C@@H]1C(=O)NOCc1ccccc1)[Si](O)(c1ccccc1)c1ccccc1. The molecule has 9 nitrogen and oxygen atoms in total. The van der Waals surface area contributed by atoms with Gasteiger partial charge in [-0.3, -0.25) is 9.63 Å². The lowest BCUT2D eigenvalue weighted by Gasteiger charge is -2.42. The maximum atomic E-state index is 13.7. The van der Waals surface area contributed by atoms with Gasteiger partial charge in [0.25, 0.3) is 8.32 Å². The quantitative estimate of drug-likeness (QED) is 0.146. The molecule has 0 spiro atoms. The summed E-state index contributed by atoms with van der Waals surface area (Å²) in [6, 6.07) is 29.9. The van der Waals surface area contributed by atoms with Gasteiger partial charge in [-0.1, -0.05) is 105 Å². The topological polar surface area (TPSA) is 128 Å². The van der Waals surface area contributed by atoms with Crippen molar-refractivity contribution in [2.45, 2.75) is 57.2 Å². The van der Waals surface area contributed by atoms with Crippen molar-refractivity contribution in [2.75, 3.05) is 5.73 Å². The van der Waals surface area contributed by atoms with Gasteiger partial charge >= 0.3 is 0 Å². The fourth-order valence-electron chi connectivity index (χ4n) is 6.97. The minimum absolute atomic E-state index is 0.00154. The molecule has 1 fully saturated rings. The van der Waals surface area contributed by atoms with Crippen LogP contribution in [0, 0.1) is 11.8 Å². The van der Waals surface area contributed by atoms with Gasteiger partial charge in [0, 0.05) is 12.0 Å². The van der Waals surface area contributed by atoms with Gasteiger partial charge < -0.3 is 15.1 Å². The molecule has 0 aliphatic heterocycles. The first-order valence-electron chi connectivity index (χ1n) is 15.5. The molecule has 0 radical (unpaired) electrons. The maximum absolute atomic E-state index is 13.7. The number of rotatable bonds is 11. The van der Waals surface area contributed by atoms with E-state index >= 15 is 0 Å². The monoisotopic (exact) mass is 620 g/mol. The first kappa shape index (κ1) is 30.6. The minimum atomic E-state index is -3.19. The first-order chi connectivity index (χ1) is 21.8. The van der Waals surface area contributed by atoms with Crippen LogP contribution in [0.2, 0.25) is 5.04 Å². The van der Waals surface area contributed by atoms with Crippen molar-refractivity contribution in [1.82, 2.24) is 25.0 Å². The fourth-order valence-corrected chi connectivity index (χ4v) is 10.7. The Balaban J connectivity index is 1.25. The van der Waals surface area contributed by atoms with Crippen LogP contribution < -0.4 is 21.6 Å². The molecule has 1 saturated carbocycles. The predicted molar refractivity (Wildman–Crippen MR) is 178 cm³/mol. The molecular weight excluding hydrogens is 581 g/mol. The zero-order valence-electron chi connectivity index (χ0n) is 25.7. The Labute approximate surface area is 264 Å². The van der Waals surface area contributed by atoms with E-state index < -0.39 is 13.4 Å². The Morgan fingerprint density at radius 3 is 2.22 bits per heavy atom. The van der Waals surface area contributed by atoms with Crippen molar-refractivity contribution in [3.63, 3.8) is 0 Å². The van der Waals surface area contributed by atoms with Crippen LogP contribution in [0.1, 0.15) is 51.1 Å². The van der Waals surface area contributed by atoms with Crippen molar-refractivity contribution in [1.29, 1.82) is 0 Å². The average Bonchev–Trinajstić information content (AvgIpc) is 3.70. The molecule has 5 aromatic rings. The standard InChI is InChI=1S/C35H40N6O3Si/c1-35(2,45(43,28-14-8-4-9-15-28)29-16-10-5-11-17-29)19-18-26-20-27(41-24-39-31-32(36)37-23-38-33(31)41)21-30(26)34(42)40-44-22-25-12-6-3-7-13-25/h3-17,23-24,26-27,30,43H,18-22H2,1-2H3,(H,40,42)(H2,36,37,38)/t26-,27-,30+/m1/s1. The number of hydroxylamine groups is 1. The summed E-state index contributed by atoms with van der Waals surface area (Å²) in [5.74, 6) is -0.0319.